The summed E-state index contributed by atoms with van der Waals surface area (Å²) in [7, 11) is 0. The van der Waals surface area contributed by atoms with E-state index in [1.807, 2.05) is 44.2 Å². The summed E-state index contributed by atoms with van der Waals surface area (Å²) in [5.74, 6) is -0.291. The summed E-state index contributed by atoms with van der Waals surface area (Å²) >= 11 is 0. The van der Waals surface area contributed by atoms with E-state index in [0.717, 1.165) is 11.1 Å². The number of hydrogen-bond acceptors (Lipinski definition) is 4. The summed E-state index contributed by atoms with van der Waals surface area (Å²) in [5.41, 5.74) is 3.08. The maximum Gasteiger partial charge on any atom is 0.313 e. The summed E-state index contributed by atoms with van der Waals surface area (Å²) in [6.45, 7) is 3.81. The third-order valence-electron chi connectivity index (χ3n) is 4.46. The summed E-state index contributed by atoms with van der Waals surface area (Å²) in [5, 5.41) is 14.1. The summed E-state index contributed by atoms with van der Waals surface area (Å²) in [6, 6.07) is 22.9. The van der Waals surface area contributed by atoms with Crippen LogP contribution in [0.15, 0.2) is 72.8 Å². The molecule has 0 aromatic heterocycles. The lowest BCUT2D eigenvalue weighted by atomic mass is 10.1. The number of amides is 2. The highest BCUT2D eigenvalue weighted by atomic mass is 16.5. The Balaban J connectivity index is 1.54. The van der Waals surface area contributed by atoms with Gasteiger partial charge in [-0.1, -0.05) is 29.8 Å². The number of benzene rings is 3. The first-order chi connectivity index (χ1) is 14.4. The van der Waals surface area contributed by atoms with Crippen LogP contribution in [0.3, 0.4) is 0 Å². The van der Waals surface area contributed by atoms with Gasteiger partial charge in [0.25, 0.3) is 0 Å². The zero-order chi connectivity index (χ0) is 21.5. The van der Waals surface area contributed by atoms with Gasteiger partial charge < -0.3 is 15.4 Å². The van der Waals surface area contributed by atoms with Crippen LogP contribution in [0.1, 0.15) is 29.7 Å². The molecule has 0 unspecified atom stereocenters. The fraction of sp³-hybridized carbons (Fsp3) is 0.125. The maximum atomic E-state index is 12.2. The molecule has 0 aliphatic heterocycles. The van der Waals surface area contributed by atoms with Crippen molar-refractivity contribution in [3.05, 3.63) is 89.5 Å². The molecule has 6 heteroatoms. The van der Waals surface area contributed by atoms with E-state index in [1.54, 1.807) is 48.5 Å². The molecule has 0 radical (unpaired) electrons. The van der Waals surface area contributed by atoms with E-state index in [1.165, 1.54) is 0 Å². The Kier molecular flexibility index (Phi) is 6.46. The second-order valence-electron chi connectivity index (χ2n) is 6.82. The minimum Gasteiger partial charge on any atom is -0.457 e. The summed E-state index contributed by atoms with van der Waals surface area (Å²) in [6.07, 6.45) is 0. The fourth-order valence-corrected chi connectivity index (χ4v) is 2.73. The largest absolute Gasteiger partial charge is 0.457 e. The topological polar surface area (TPSA) is 91.2 Å². The van der Waals surface area contributed by atoms with Crippen LogP contribution in [-0.4, -0.2) is 11.8 Å². The predicted molar refractivity (Wildman–Crippen MR) is 114 cm³/mol. The van der Waals surface area contributed by atoms with Crippen LogP contribution >= 0.6 is 0 Å². The van der Waals surface area contributed by atoms with Gasteiger partial charge in [-0.05, 0) is 67.9 Å². The fourth-order valence-electron chi connectivity index (χ4n) is 2.73. The SMILES string of the molecule is Cc1ccc([C@H](C)NC(=O)C(=O)Nc2ccc(Oc3ccc(C#N)cc3)cc2)cc1. The van der Waals surface area contributed by atoms with Gasteiger partial charge in [0.15, 0.2) is 0 Å². The normalized spacial score (nSPS) is 11.1. The summed E-state index contributed by atoms with van der Waals surface area (Å²) in [4.78, 5) is 24.4. The van der Waals surface area contributed by atoms with Gasteiger partial charge in [0.05, 0.1) is 17.7 Å². The van der Waals surface area contributed by atoms with Crippen LogP contribution in [0.4, 0.5) is 5.69 Å². The molecule has 3 aromatic rings. The van der Waals surface area contributed by atoms with Crippen molar-refractivity contribution >= 4 is 17.5 Å². The first-order valence-electron chi connectivity index (χ1n) is 9.41. The molecule has 0 bridgehead atoms. The first-order valence-corrected chi connectivity index (χ1v) is 9.41. The number of aryl methyl sites for hydroxylation is 1. The van der Waals surface area contributed by atoms with Crippen LogP contribution in [0.5, 0.6) is 11.5 Å². The highest BCUT2D eigenvalue weighted by Crippen LogP contribution is 2.23. The van der Waals surface area contributed by atoms with E-state index in [2.05, 4.69) is 10.6 Å². The molecule has 1 atom stereocenters. The molecule has 0 saturated carbocycles. The lowest BCUT2D eigenvalue weighted by molar-refractivity contribution is -0.136. The van der Waals surface area contributed by atoms with Crippen molar-refractivity contribution in [2.75, 3.05) is 5.32 Å². The lowest BCUT2D eigenvalue weighted by Gasteiger charge is -2.14. The van der Waals surface area contributed by atoms with E-state index < -0.39 is 11.8 Å². The molecule has 6 nitrogen and oxygen atoms in total. The summed E-state index contributed by atoms with van der Waals surface area (Å²) < 4.78 is 5.69. The van der Waals surface area contributed by atoms with Crippen molar-refractivity contribution in [2.45, 2.75) is 19.9 Å². The molecule has 0 saturated heterocycles. The zero-order valence-electron chi connectivity index (χ0n) is 16.7. The molecule has 0 heterocycles. The van der Waals surface area contributed by atoms with E-state index in [4.69, 9.17) is 10.00 Å². The molecule has 150 valence electrons. The second-order valence-corrected chi connectivity index (χ2v) is 6.82. The van der Waals surface area contributed by atoms with Crippen molar-refractivity contribution in [1.82, 2.24) is 5.32 Å². The molecule has 0 spiro atoms. The average molecular weight is 399 g/mol. The van der Waals surface area contributed by atoms with Crippen LogP contribution in [-0.2, 0) is 9.59 Å². The Morgan fingerprint density at radius 3 is 2.00 bits per heavy atom. The Labute approximate surface area is 175 Å². The van der Waals surface area contributed by atoms with Crippen molar-refractivity contribution in [3.8, 4) is 17.6 Å². The number of nitrogens with one attached hydrogen (secondary N) is 2. The number of hydrogen-bond donors (Lipinski definition) is 2. The Morgan fingerprint density at radius 1 is 0.867 bits per heavy atom. The lowest BCUT2D eigenvalue weighted by Crippen LogP contribution is -2.36. The number of anilines is 1. The molecule has 30 heavy (non-hydrogen) atoms. The number of carbonyl (C=O) groups is 2. The third kappa shape index (κ3) is 5.46. The second kappa shape index (κ2) is 9.39. The Hall–Kier alpha value is -4.11. The van der Waals surface area contributed by atoms with Crippen molar-refractivity contribution in [2.24, 2.45) is 0 Å². The van der Waals surface area contributed by atoms with Crippen LogP contribution in [0, 0.1) is 18.3 Å². The van der Waals surface area contributed by atoms with E-state index in [9.17, 15) is 9.59 Å². The van der Waals surface area contributed by atoms with Crippen LogP contribution in [0.25, 0.3) is 0 Å². The minimum absolute atomic E-state index is 0.285. The Morgan fingerprint density at radius 2 is 1.43 bits per heavy atom. The van der Waals surface area contributed by atoms with E-state index >= 15 is 0 Å². The van der Waals surface area contributed by atoms with Gasteiger partial charge in [-0.2, -0.15) is 5.26 Å². The number of ether oxygens (including phenoxy) is 1. The highest BCUT2D eigenvalue weighted by Gasteiger charge is 2.17. The van der Waals surface area contributed by atoms with E-state index in [-0.39, 0.29) is 6.04 Å². The number of nitrogens with zero attached hydrogens (tertiary/aromatic N) is 1. The molecule has 3 aromatic carbocycles. The molecule has 2 amide bonds. The molecule has 2 N–H and O–H groups in total. The van der Waals surface area contributed by atoms with Gasteiger partial charge in [0.2, 0.25) is 0 Å². The molecule has 3 rings (SSSR count). The third-order valence-corrected chi connectivity index (χ3v) is 4.46. The molecule has 0 aliphatic rings. The average Bonchev–Trinajstić information content (AvgIpc) is 2.76. The number of nitriles is 1. The highest BCUT2D eigenvalue weighted by molar-refractivity contribution is 6.39. The van der Waals surface area contributed by atoms with Crippen LogP contribution < -0.4 is 15.4 Å². The van der Waals surface area contributed by atoms with Crippen molar-refractivity contribution in [1.29, 1.82) is 5.26 Å². The zero-order valence-corrected chi connectivity index (χ0v) is 16.7. The van der Waals surface area contributed by atoms with Gasteiger partial charge in [-0.3, -0.25) is 9.59 Å². The quantitative estimate of drug-likeness (QED) is 0.619. The maximum absolute atomic E-state index is 12.2. The molecular formula is C24H21N3O3. The van der Waals surface area contributed by atoms with Crippen LogP contribution in [0.2, 0.25) is 0 Å². The predicted octanol–water partition coefficient (Wildman–Crippen LogP) is 4.47. The number of carbonyl (C=O) groups excluding carboxylic acids is 2. The smallest absolute Gasteiger partial charge is 0.313 e. The standard InChI is InChI=1S/C24H21N3O3/c1-16-3-7-19(8-4-16)17(2)26-23(28)24(29)27-20-9-13-22(14-10-20)30-21-11-5-18(15-25)6-12-21/h3-14,17H,1-2H3,(H,26,28)(H,27,29)/t17-/m0/s1. The van der Waals surface area contributed by atoms with Gasteiger partial charge in [-0.15, -0.1) is 0 Å². The van der Waals surface area contributed by atoms with Gasteiger partial charge in [0, 0.05) is 5.69 Å². The van der Waals surface area contributed by atoms with Crippen molar-refractivity contribution in [3.63, 3.8) is 0 Å². The van der Waals surface area contributed by atoms with Gasteiger partial charge >= 0.3 is 11.8 Å². The van der Waals surface area contributed by atoms with E-state index in [0.29, 0.717) is 22.7 Å². The minimum atomic E-state index is -0.741. The monoisotopic (exact) mass is 399 g/mol. The number of rotatable bonds is 5. The first kappa shape index (κ1) is 20.6. The molecular weight excluding hydrogens is 378 g/mol. The molecule has 0 aliphatic carbocycles. The van der Waals surface area contributed by atoms with Gasteiger partial charge in [0.1, 0.15) is 11.5 Å². The van der Waals surface area contributed by atoms with Crippen molar-refractivity contribution < 1.29 is 14.3 Å². The van der Waals surface area contributed by atoms with Gasteiger partial charge in [-0.25, -0.2) is 0 Å². The Bertz CT molecular complexity index is 1070. The molecule has 0 fully saturated rings.